The van der Waals surface area contributed by atoms with Crippen LogP contribution in [0.3, 0.4) is 0 Å². The maximum absolute atomic E-state index is 13.5. The minimum absolute atomic E-state index is 0.115. The molecule has 2 aromatic carbocycles. The van der Waals surface area contributed by atoms with Crippen molar-refractivity contribution in [3.05, 3.63) is 72.6 Å². The lowest BCUT2D eigenvalue weighted by Crippen LogP contribution is -2.35. The van der Waals surface area contributed by atoms with Crippen molar-refractivity contribution in [3.8, 4) is 22.5 Å². The van der Waals surface area contributed by atoms with Gasteiger partial charge in [-0.1, -0.05) is 42.5 Å². The molecule has 0 saturated heterocycles. The number of rotatable bonds is 8. The van der Waals surface area contributed by atoms with Crippen LogP contribution in [0.2, 0.25) is 0 Å². The SMILES string of the molecule is CC(C)(C)OC(=O)NCCS(=O)(=O)c1nc(-c2ccccc2)cn2c(-c3ccc(C(=O)NC4CC4)cc3)cnc12. The Morgan fingerprint density at radius 1 is 1.02 bits per heavy atom. The molecule has 2 N–H and O–H groups in total. The van der Waals surface area contributed by atoms with E-state index in [1.165, 1.54) is 0 Å². The van der Waals surface area contributed by atoms with E-state index in [9.17, 15) is 18.0 Å². The molecule has 5 rings (SSSR count). The summed E-state index contributed by atoms with van der Waals surface area (Å²) in [5, 5.41) is 5.28. The number of sulfone groups is 1. The van der Waals surface area contributed by atoms with Crippen LogP contribution in [0.1, 0.15) is 44.0 Å². The van der Waals surface area contributed by atoms with Gasteiger partial charge in [0.2, 0.25) is 9.84 Å². The number of aromatic nitrogens is 3. The summed E-state index contributed by atoms with van der Waals surface area (Å²) in [4.78, 5) is 33.4. The van der Waals surface area contributed by atoms with Crippen LogP contribution in [0.15, 0.2) is 72.0 Å². The van der Waals surface area contributed by atoms with Crippen molar-refractivity contribution in [2.45, 2.75) is 50.3 Å². The first-order chi connectivity index (χ1) is 19.0. The third-order valence-corrected chi connectivity index (χ3v) is 7.82. The van der Waals surface area contributed by atoms with Gasteiger partial charge < -0.3 is 15.4 Å². The lowest BCUT2D eigenvalue weighted by molar-refractivity contribution is 0.0531. The second-order valence-electron chi connectivity index (χ2n) is 10.7. The molecule has 2 aromatic heterocycles. The number of hydrogen-bond acceptors (Lipinski definition) is 7. The minimum Gasteiger partial charge on any atom is -0.444 e. The Kier molecular flexibility index (Phi) is 7.33. The van der Waals surface area contributed by atoms with Crippen LogP contribution >= 0.6 is 0 Å². The van der Waals surface area contributed by atoms with Crippen LogP contribution in [0.5, 0.6) is 0 Å². The average molecular weight is 562 g/mol. The van der Waals surface area contributed by atoms with Gasteiger partial charge in [-0.15, -0.1) is 0 Å². The highest BCUT2D eigenvalue weighted by Gasteiger charge is 2.26. The topological polar surface area (TPSA) is 132 Å². The maximum Gasteiger partial charge on any atom is 0.407 e. The zero-order valence-corrected chi connectivity index (χ0v) is 23.4. The van der Waals surface area contributed by atoms with Crippen LogP contribution in [0.25, 0.3) is 28.2 Å². The third kappa shape index (κ3) is 6.31. The van der Waals surface area contributed by atoms with Gasteiger partial charge in [0.05, 0.1) is 23.3 Å². The standard InChI is InChI=1S/C29H31N5O5S/c1-29(2,3)39-28(36)30-15-16-40(37,38)27-25-31-17-24(34(25)18-23(33-27)19-7-5-4-6-8-19)20-9-11-21(12-10-20)26(35)32-22-13-14-22/h4-12,17-18,22H,13-16H2,1-3H3,(H,30,36)(H,32,35). The normalized spacial score (nSPS) is 13.7. The quantitative estimate of drug-likeness (QED) is 0.329. The number of fused-ring (bicyclic) bond motifs is 1. The van der Waals surface area contributed by atoms with Gasteiger partial charge in [0, 0.05) is 35.5 Å². The number of carbonyl (C=O) groups is 2. The lowest BCUT2D eigenvalue weighted by atomic mass is 10.1. The van der Waals surface area contributed by atoms with Gasteiger partial charge >= 0.3 is 6.09 Å². The van der Waals surface area contributed by atoms with Crippen molar-refractivity contribution in [1.82, 2.24) is 25.0 Å². The molecule has 2 heterocycles. The van der Waals surface area contributed by atoms with Crippen molar-refractivity contribution in [2.75, 3.05) is 12.3 Å². The summed E-state index contributed by atoms with van der Waals surface area (Å²) < 4.78 is 33.9. The van der Waals surface area contributed by atoms with Crippen LogP contribution in [-0.4, -0.2) is 58.7 Å². The molecule has 208 valence electrons. The summed E-state index contributed by atoms with van der Waals surface area (Å²) in [5.74, 6) is -0.503. The van der Waals surface area contributed by atoms with E-state index in [2.05, 4.69) is 20.6 Å². The molecule has 1 fully saturated rings. The number of amides is 2. The van der Waals surface area contributed by atoms with Crippen LogP contribution in [-0.2, 0) is 14.6 Å². The molecule has 2 amide bonds. The number of benzene rings is 2. The molecule has 40 heavy (non-hydrogen) atoms. The second-order valence-corrected chi connectivity index (χ2v) is 12.7. The number of alkyl carbamates (subject to hydrolysis) is 1. The minimum atomic E-state index is -3.97. The zero-order valence-electron chi connectivity index (χ0n) is 22.5. The first-order valence-corrected chi connectivity index (χ1v) is 14.7. The molecule has 0 atom stereocenters. The summed E-state index contributed by atoms with van der Waals surface area (Å²) in [6.45, 7) is 5.03. The largest absolute Gasteiger partial charge is 0.444 e. The summed E-state index contributed by atoms with van der Waals surface area (Å²) in [5.41, 5.74) is 2.61. The van der Waals surface area contributed by atoms with Gasteiger partial charge in [-0.25, -0.2) is 23.2 Å². The second kappa shape index (κ2) is 10.7. The predicted octanol–water partition coefficient (Wildman–Crippen LogP) is 4.25. The Labute approximate surface area is 232 Å². The Morgan fingerprint density at radius 3 is 2.38 bits per heavy atom. The number of nitrogens with one attached hydrogen (secondary N) is 2. The molecule has 10 nitrogen and oxygen atoms in total. The van der Waals surface area contributed by atoms with Crippen molar-refractivity contribution in [2.24, 2.45) is 0 Å². The fourth-order valence-corrected chi connectivity index (χ4v) is 5.35. The number of ether oxygens (including phenoxy) is 1. The predicted molar refractivity (Wildman–Crippen MR) is 151 cm³/mol. The number of carbonyl (C=O) groups excluding carboxylic acids is 2. The van der Waals surface area contributed by atoms with Crippen LogP contribution < -0.4 is 10.6 Å². The Morgan fingerprint density at radius 2 is 1.73 bits per heavy atom. The first kappa shape index (κ1) is 27.3. The van der Waals surface area contributed by atoms with E-state index in [1.807, 2.05) is 42.5 Å². The lowest BCUT2D eigenvalue weighted by Gasteiger charge is -2.19. The molecule has 4 aromatic rings. The average Bonchev–Trinajstić information content (AvgIpc) is 3.62. The summed E-state index contributed by atoms with van der Waals surface area (Å²) in [6, 6.07) is 16.6. The Hall–Kier alpha value is -4.25. The van der Waals surface area contributed by atoms with E-state index >= 15 is 0 Å². The third-order valence-electron chi connectivity index (χ3n) is 6.22. The van der Waals surface area contributed by atoms with E-state index in [0.29, 0.717) is 17.0 Å². The Bertz CT molecular complexity index is 1650. The van der Waals surface area contributed by atoms with E-state index < -0.39 is 21.5 Å². The van der Waals surface area contributed by atoms with Crippen LogP contribution in [0.4, 0.5) is 4.79 Å². The first-order valence-electron chi connectivity index (χ1n) is 13.0. The molecule has 1 saturated carbocycles. The maximum atomic E-state index is 13.5. The van der Waals surface area contributed by atoms with Gasteiger partial charge in [-0.2, -0.15) is 0 Å². The molecular formula is C29H31N5O5S. The zero-order chi connectivity index (χ0) is 28.5. The summed E-state index contributed by atoms with van der Waals surface area (Å²) in [7, 11) is -3.97. The highest BCUT2D eigenvalue weighted by molar-refractivity contribution is 7.91. The number of imidazole rings is 1. The monoisotopic (exact) mass is 561 g/mol. The molecule has 11 heteroatoms. The summed E-state index contributed by atoms with van der Waals surface area (Å²) >= 11 is 0. The van der Waals surface area contributed by atoms with Crippen LogP contribution in [0, 0.1) is 0 Å². The van der Waals surface area contributed by atoms with Crippen molar-refractivity contribution >= 4 is 27.5 Å². The molecule has 1 aliphatic rings. The van der Waals surface area contributed by atoms with E-state index in [-0.39, 0.29) is 34.9 Å². The van der Waals surface area contributed by atoms with Gasteiger partial charge in [-0.3, -0.25) is 9.20 Å². The van der Waals surface area contributed by atoms with Gasteiger partial charge in [0.1, 0.15) is 5.60 Å². The van der Waals surface area contributed by atoms with Crippen molar-refractivity contribution in [3.63, 3.8) is 0 Å². The number of hydrogen-bond donors (Lipinski definition) is 2. The van der Waals surface area contributed by atoms with Gasteiger partial charge in [0.15, 0.2) is 10.7 Å². The van der Waals surface area contributed by atoms with Gasteiger partial charge in [0.25, 0.3) is 5.91 Å². The fourth-order valence-electron chi connectivity index (χ4n) is 4.12. The van der Waals surface area contributed by atoms with Crippen molar-refractivity contribution in [1.29, 1.82) is 0 Å². The molecule has 0 radical (unpaired) electrons. The van der Waals surface area contributed by atoms with E-state index in [4.69, 9.17) is 4.74 Å². The number of nitrogens with zero attached hydrogens (tertiary/aromatic N) is 3. The van der Waals surface area contributed by atoms with Crippen molar-refractivity contribution < 1.29 is 22.7 Å². The molecule has 0 spiro atoms. The molecule has 0 bridgehead atoms. The Balaban J connectivity index is 1.49. The fraction of sp³-hybridized carbons (Fsp3) is 0.310. The van der Waals surface area contributed by atoms with E-state index in [0.717, 1.165) is 24.0 Å². The molecule has 1 aliphatic carbocycles. The summed E-state index contributed by atoms with van der Waals surface area (Å²) in [6.07, 6.45) is 4.65. The van der Waals surface area contributed by atoms with E-state index in [1.54, 1.807) is 49.7 Å². The molecule has 0 unspecified atom stereocenters. The molecule has 0 aliphatic heterocycles. The highest BCUT2D eigenvalue weighted by atomic mass is 32.2. The molecular weight excluding hydrogens is 530 g/mol. The van der Waals surface area contributed by atoms with Gasteiger partial charge in [-0.05, 0) is 45.7 Å². The smallest absolute Gasteiger partial charge is 0.407 e. The highest BCUT2D eigenvalue weighted by Crippen LogP contribution is 2.28.